The first-order valence-electron chi connectivity index (χ1n) is 9.34. The molecule has 2 unspecified atom stereocenters. The zero-order valence-corrected chi connectivity index (χ0v) is 14.4. The molecular weight excluding hydrogens is 260 g/mol. The molecule has 1 saturated carbocycles. The van der Waals surface area contributed by atoms with Gasteiger partial charge < -0.3 is 15.7 Å². The minimum atomic E-state index is -0.954. The Labute approximate surface area is 132 Å². The predicted molar refractivity (Wildman–Crippen MR) is 91.3 cm³/mol. The summed E-state index contributed by atoms with van der Waals surface area (Å²) in [6.07, 6.45) is 14.2. The number of nitrogens with zero attached hydrogens (tertiary/aromatic N) is 1. The van der Waals surface area contributed by atoms with Gasteiger partial charge in [0.05, 0.1) is 0 Å². The van der Waals surface area contributed by atoms with E-state index in [0.29, 0.717) is 6.04 Å². The number of aliphatic hydroxyl groups is 1. The number of rotatable bonds is 8. The van der Waals surface area contributed by atoms with Gasteiger partial charge in [-0.1, -0.05) is 58.8 Å². The fourth-order valence-corrected chi connectivity index (χ4v) is 3.61. The Hall–Kier alpha value is -0.120. The maximum Gasteiger partial charge on any atom is 0.115 e. The molecule has 126 valence electrons. The topological polar surface area (TPSA) is 49.5 Å². The van der Waals surface area contributed by atoms with Crippen LogP contribution in [0.4, 0.5) is 0 Å². The van der Waals surface area contributed by atoms with Gasteiger partial charge in [-0.3, -0.25) is 0 Å². The molecule has 1 aliphatic rings. The van der Waals surface area contributed by atoms with Crippen LogP contribution in [0.1, 0.15) is 90.9 Å². The van der Waals surface area contributed by atoms with Gasteiger partial charge in [0.15, 0.2) is 0 Å². The molecule has 0 aromatic carbocycles. The van der Waals surface area contributed by atoms with Crippen LogP contribution in [-0.4, -0.2) is 34.9 Å². The molecule has 0 aromatic rings. The predicted octanol–water partition coefficient (Wildman–Crippen LogP) is 4.04. The number of hydrogen-bond donors (Lipinski definition) is 2. The minimum Gasteiger partial charge on any atom is -0.376 e. The molecule has 21 heavy (non-hydrogen) atoms. The van der Waals surface area contributed by atoms with Crippen LogP contribution in [0.25, 0.3) is 0 Å². The van der Waals surface area contributed by atoms with Crippen molar-refractivity contribution in [2.75, 3.05) is 13.1 Å². The van der Waals surface area contributed by atoms with Crippen LogP contribution < -0.4 is 5.73 Å². The molecule has 0 heterocycles. The maximum absolute atomic E-state index is 10.4. The van der Waals surface area contributed by atoms with Gasteiger partial charge in [0.25, 0.3) is 0 Å². The van der Waals surface area contributed by atoms with E-state index in [1.807, 2.05) is 0 Å². The van der Waals surface area contributed by atoms with Gasteiger partial charge in [-0.15, -0.1) is 0 Å². The van der Waals surface area contributed by atoms with Crippen LogP contribution in [0.2, 0.25) is 0 Å². The molecule has 0 aromatic heterocycles. The molecule has 1 fully saturated rings. The summed E-state index contributed by atoms with van der Waals surface area (Å²) in [6.45, 7) is 6.75. The van der Waals surface area contributed by atoms with Gasteiger partial charge in [0.1, 0.15) is 5.72 Å². The quantitative estimate of drug-likeness (QED) is 0.525. The highest BCUT2D eigenvalue weighted by Gasteiger charge is 2.29. The van der Waals surface area contributed by atoms with Crippen LogP contribution >= 0.6 is 0 Å². The molecule has 0 radical (unpaired) electrons. The first kappa shape index (κ1) is 18.9. The molecule has 1 rings (SSSR count). The molecule has 0 bridgehead atoms. The van der Waals surface area contributed by atoms with Crippen molar-refractivity contribution < 1.29 is 5.11 Å². The van der Waals surface area contributed by atoms with Crippen molar-refractivity contribution in [3.05, 3.63) is 0 Å². The second-order valence-electron chi connectivity index (χ2n) is 6.96. The fraction of sp³-hybridized carbons (Fsp3) is 1.00. The highest BCUT2D eigenvalue weighted by molar-refractivity contribution is 4.82. The zero-order chi connectivity index (χ0) is 15.6. The molecule has 3 N–H and O–H groups in total. The number of hydrogen-bond acceptors (Lipinski definition) is 3. The van der Waals surface area contributed by atoms with Crippen LogP contribution in [0.5, 0.6) is 0 Å². The molecule has 3 nitrogen and oxygen atoms in total. The molecule has 0 spiro atoms. The van der Waals surface area contributed by atoms with Crippen molar-refractivity contribution in [2.24, 2.45) is 5.73 Å². The molecule has 0 saturated heterocycles. The van der Waals surface area contributed by atoms with Crippen LogP contribution in [-0.2, 0) is 0 Å². The third kappa shape index (κ3) is 8.18. The van der Waals surface area contributed by atoms with Crippen LogP contribution in [0.15, 0.2) is 0 Å². The molecule has 1 aliphatic carbocycles. The average molecular weight is 299 g/mol. The van der Waals surface area contributed by atoms with Crippen molar-refractivity contribution in [1.82, 2.24) is 4.90 Å². The summed E-state index contributed by atoms with van der Waals surface area (Å²) < 4.78 is 0. The Kier molecular flexibility index (Phi) is 9.54. The smallest absolute Gasteiger partial charge is 0.115 e. The first-order chi connectivity index (χ1) is 10.1. The monoisotopic (exact) mass is 298 g/mol. The summed E-state index contributed by atoms with van der Waals surface area (Å²) in [4.78, 5) is 2.56. The SMILES string of the molecule is CCCCCCCN(CC)C1CCCCCCC(N)(O)C1. The van der Waals surface area contributed by atoms with E-state index in [1.54, 1.807) is 0 Å². The van der Waals surface area contributed by atoms with Crippen molar-refractivity contribution >= 4 is 0 Å². The lowest BCUT2D eigenvalue weighted by atomic mass is 9.96. The normalized spacial score (nSPS) is 28.1. The van der Waals surface area contributed by atoms with Crippen molar-refractivity contribution in [3.8, 4) is 0 Å². The molecule has 2 atom stereocenters. The van der Waals surface area contributed by atoms with Gasteiger partial charge in [0, 0.05) is 12.5 Å². The van der Waals surface area contributed by atoms with E-state index in [0.717, 1.165) is 25.8 Å². The van der Waals surface area contributed by atoms with Crippen molar-refractivity contribution in [2.45, 2.75) is 103 Å². The molecule has 3 heteroatoms. The number of unbranched alkanes of at least 4 members (excludes halogenated alkanes) is 4. The van der Waals surface area contributed by atoms with Gasteiger partial charge in [-0.25, -0.2) is 0 Å². The summed E-state index contributed by atoms with van der Waals surface area (Å²) >= 11 is 0. The van der Waals surface area contributed by atoms with Crippen LogP contribution in [0, 0.1) is 0 Å². The van der Waals surface area contributed by atoms with E-state index in [-0.39, 0.29) is 0 Å². The first-order valence-corrected chi connectivity index (χ1v) is 9.34. The van der Waals surface area contributed by atoms with Gasteiger partial charge in [-0.2, -0.15) is 0 Å². The third-order valence-corrected chi connectivity index (χ3v) is 4.96. The van der Waals surface area contributed by atoms with E-state index in [2.05, 4.69) is 18.7 Å². The Morgan fingerprint density at radius 2 is 1.76 bits per heavy atom. The molecular formula is C18H38N2O. The van der Waals surface area contributed by atoms with E-state index < -0.39 is 5.72 Å². The Balaban J connectivity index is 2.45. The van der Waals surface area contributed by atoms with E-state index in [4.69, 9.17) is 5.73 Å². The second kappa shape index (κ2) is 10.6. The van der Waals surface area contributed by atoms with Gasteiger partial charge in [0.2, 0.25) is 0 Å². The lowest BCUT2D eigenvalue weighted by molar-refractivity contribution is -0.00132. The highest BCUT2D eigenvalue weighted by atomic mass is 16.3. The average Bonchev–Trinajstić information content (AvgIpc) is 2.53. The van der Waals surface area contributed by atoms with E-state index in [1.165, 1.54) is 64.3 Å². The zero-order valence-electron chi connectivity index (χ0n) is 14.4. The summed E-state index contributed by atoms with van der Waals surface area (Å²) in [6, 6.07) is 0.467. The van der Waals surface area contributed by atoms with Gasteiger partial charge in [-0.05, 0) is 38.8 Å². The summed E-state index contributed by atoms with van der Waals surface area (Å²) in [5.74, 6) is 0. The Morgan fingerprint density at radius 1 is 1.05 bits per heavy atom. The van der Waals surface area contributed by atoms with Gasteiger partial charge >= 0.3 is 0 Å². The maximum atomic E-state index is 10.4. The minimum absolute atomic E-state index is 0.467. The highest BCUT2D eigenvalue weighted by Crippen LogP contribution is 2.25. The second-order valence-corrected chi connectivity index (χ2v) is 6.96. The summed E-state index contributed by atoms with van der Waals surface area (Å²) in [5, 5.41) is 10.4. The number of nitrogens with two attached hydrogens (primary N) is 1. The Morgan fingerprint density at radius 3 is 2.48 bits per heavy atom. The van der Waals surface area contributed by atoms with E-state index in [9.17, 15) is 5.11 Å². The third-order valence-electron chi connectivity index (χ3n) is 4.96. The Bertz CT molecular complexity index is 256. The van der Waals surface area contributed by atoms with E-state index >= 15 is 0 Å². The summed E-state index contributed by atoms with van der Waals surface area (Å²) in [7, 11) is 0. The lowest BCUT2D eigenvalue weighted by Crippen LogP contribution is -2.47. The lowest BCUT2D eigenvalue weighted by Gasteiger charge is -2.35. The largest absolute Gasteiger partial charge is 0.376 e. The fourth-order valence-electron chi connectivity index (χ4n) is 3.61. The standard InChI is InChI=1S/C18H38N2O/c1-3-5-6-9-12-15-20(4-2)17-13-10-7-8-11-14-18(19,21)16-17/h17,21H,3-16,19H2,1-2H3. The van der Waals surface area contributed by atoms with Crippen LogP contribution in [0.3, 0.4) is 0 Å². The summed E-state index contributed by atoms with van der Waals surface area (Å²) in [5.41, 5.74) is 5.17. The van der Waals surface area contributed by atoms with Crippen molar-refractivity contribution in [1.29, 1.82) is 0 Å². The van der Waals surface area contributed by atoms with Crippen molar-refractivity contribution in [3.63, 3.8) is 0 Å². The molecule has 0 amide bonds. The molecule has 0 aliphatic heterocycles.